The molecule has 0 N–H and O–H groups in total. The molecular formula is C10H11IO2. The average molecular weight is 290 g/mol. The highest BCUT2D eigenvalue weighted by Gasteiger charge is 2.07. The Kier molecular flexibility index (Phi) is 3.71. The summed E-state index contributed by atoms with van der Waals surface area (Å²) in [5, 5.41) is 0. The van der Waals surface area contributed by atoms with E-state index in [-0.39, 0.29) is 12.1 Å². The molecule has 1 aromatic carbocycles. The fourth-order valence-electron chi connectivity index (χ4n) is 1.05. The van der Waals surface area contributed by atoms with Crippen LogP contribution in [0.1, 0.15) is 25.5 Å². The molecule has 0 bridgehead atoms. The molecule has 1 unspecified atom stereocenters. The van der Waals surface area contributed by atoms with Crippen molar-refractivity contribution in [3.8, 4) is 0 Å². The number of benzene rings is 1. The number of ether oxygens (including phenoxy) is 1. The summed E-state index contributed by atoms with van der Waals surface area (Å²) in [7, 11) is 0. The van der Waals surface area contributed by atoms with Crippen LogP contribution in [-0.2, 0) is 9.53 Å². The molecule has 0 aromatic heterocycles. The summed E-state index contributed by atoms with van der Waals surface area (Å²) in [6.07, 6.45) is -0.158. The van der Waals surface area contributed by atoms with E-state index < -0.39 is 0 Å². The molecule has 0 spiro atoms. The standard InChI is InChI=1S/C10H11IO2/c1-7(13-8(2)12)9-3-5-10(11)6-4-9/h3-7H,1-2H3. The summed E-state index contributed by atoms with van der Waals surface area (Å²) in [5.41, 5.74) is 1.02. The van der Waals surface area contributed by atoms with Crippen molar-refractivity contribution in [2.45, 2.75) is 20.0 Å². The summed E-state index contributed by atoms with van der Waals surface area (Å²) in [4.78, 5) is 10.7. The molecule has 0 aliphatic rings. The number of rotatable bonds is 2. The lowest BCUT2D eigenvalue weighted by molar-refractivity contribution is -0.145. The number of carbonyl (C=O) groups excluding carboxylic acids is 1. The van der Waals surface area contributed by atoms with E-state index in [4.69, 9.17) is 4.74 Å². The lowest BCUT2D eigenvalue weighted by atomic mass is 10.1. The molecule has 0 aliphatic heterocycles. The van der Waals surface area contributed by atoms with Gasteiger partial charge in [-0.15, -0.1) is 0 Å². The molecule has 1 rings (SSSR count). The average Bonchev–Trinajstić information content (AvgIpc) is 2.04. The topological polar surface area (TPSA) is 26.3 Å². The van der Waals surface area contributed by atoms with Crippen molar-refractivity contribution in [3.63, 3.8) is 0 Å². The molecule has 0 radical (unpaired) electrons. The minimum Gasteiger partial charge on any atom is -0.458 e. The van der Waals surface area contributed by atoms with Gasteiger partial charge in [0.1, 0.15) is 6.10 Å². The van der Waals surface area contributed by atoms with Gasteiger partial charge >= 0.3 is 5.97 Å². The molecular weight excluding hydrogens is 279 g/mol. The van der Waals surface area contributed by atoms with Crippen LogP contribution in [0.2, 0.25) is 0 Å². The van der Waals surface area contributed by atoms with Crippen LogP contribution in [0, 0.1) is 3.57 Å². The normalized spacial score (nSPS) is 12.2. The predicted octanol–water partition coefficient (Wildman–Crippen LogP) is 2.92. The van der Waals surface area contributed by atoms with Gasteiger partial charge in [0.05, 0.1) is 0 Å². The van der Waals surface area contributed by atoms with Crippen LogP contribution in [0.3, 0.4) is 0 Å². The Bertz CT molecular complexity index is 292. The van der Waals surface area contributed by atoms with Crippen LogP contribution in [0.25, 0.3) is 0 Å². The van der Waals surface area contributed by atoms with Crippen LogP contribution in [-0.4, -0.2) is 5.97 Å². The van der Waals surface area contributed by atoms with E-state index in [1.54, 1.807) is 0 Å². The predicted molar refractivity (Wildman–Crippen MR) is 59.3 cm³/mol. The van der Waals surface area contributed by atoms with E-state index in [1.165, 1.54) is 10.5 Å². The Morgan fingerprint density at radius 1 is 1.38 bits per heavy atom. The first-order valence-corrected chi connectivity index (χ1v) is 5.10. The van der Waals surface area contributed by atoms with Crippen LogP contribution in [0.15, 0.2) is 24.3 Å². The van der Waals surface area contributed by atoms with Gasteiger partial charge in [0, 0.05) is 10.5 Å². The van der Waals surface area contributed by atoms with Gasteiger partial charge in [-0.3, -0.25) is 4.79 Å². The molecule has 0 amide bonds. The zero-order chi connectivity index (χ0) is 9.84. The Morgan fingerprint density at radius 3 is 2.38 bits per heavy atom. The maximum Gasteiger partial charge on any atom is 0.303 e. The van der Waals surface area contributed by atoms with Crippen LogP contribution in [0.5, 0.6) is 0 Å². The molecule has 0 saturated heterocycles. The van der Waals surface area contributed by atoms with E-state index >= 15 is 0 Å². The summed E-state index contributed by atoms with van der Waals surface area (Å²) in [6.45, 7) is 3.28. The fraction of sp³-hybridized carbons (Fsp3) is 0.300. The smallest absolute Gasteiger partial charge is 0.303 e. The zero-order valence-corrected chi connectivity index (χ0v) is 9.74. The monoisotopic (exact) mass is 290 g/mol. The maximum absolute atomic E-state index is 10.7. The van der Waals surface area contributed by atoms with Crippen molar-refractivity contribution in [3.05, 3.63) is 33.4 Å². The lowest BCUT2D eigenvalue weighted by Crippen LogP contribution is -2.04. The van der Waals surface area contributed by atoms with Gasteiger partial charge in [0.2, 0.25) is 0 Å². The van der Waals surface area contributed by atoms with E-state index in [0.717, 1.165) is 5.56 Å². The number of hydrogen-bond donors (Lipinski definition) is 0. The summed E-state index contributed by atoms with van der Waals surface area (Å²) in [6, 6.07) is 7.93. The highest BCUT2D eigenvalue weighted by atomic mass is 127. The summed E-state index contributed by atoms with van der Waals surface area (Å²) >= 11 is 2.24. The third-order valence-corrected chi connectivity index (χ3v) is 2.40. The molecule has 70 valence electrons. The highest BCUT2D eigenvalue weighted by molar-refractivity contribution is 14.1. The first-order chi connectivity index (χ1) is 6.09. The van der Waals surface area contributed by atoms with Crippen molar-refractivity contribution in [1.29, 1.82) is 0 Å². The molecule has 2 nitrogen and oxygen atoms in total. The fourth-order valence-corrected chi connectivity index (χ4v) is 1.41. The Hall–Kier alpha value is -0.580. The highest BCUT2D eigenvalue weighted by Crippen LogP contribution is 2.17. The first kappa shape index (κ1) is 10.5. The van der Waals surface area contributed by atoms with Crippen LogP contribution in [0.4, 0.5) is 0 Å². The van der Waals surface area contributed by atoms with Crippen molar-refractivity contribution in [1.82, 2.24) is 0 Å². The minimum absolute atomic E-state index is 0.158. The molecule has 0 heterocycles. The van der Waals surface area contributed by atoms with E-state index in [0.29, 0.717) is 0 Å². The van der Waals surface area contributed by atoms with Gasteiger partial charge in [0.25, 0.3) is 0 Å². The number of hydrogen-bond acceptors (Lipinski definition) is 2. The summed E-state index contributed by atoms with van der Waals surface area (Å²) in [5.74, 6) is -0.244. The van der Waals surface area contributed by atoms with Crippen molar-refractivity contribution < 1.29 is 9.53 Å². The van der Waals surface area contributed by atoms with Crippen molar-refractivity contribution in [2.75, 3.05) is 0 Å². The molecule has 0 aliphatic carbocycles. The van der Waals surface area contributed by atoms with Gasteiger partial charge < -0.3 is 4.74 Å². The Morgan fingerprint density at radius 2 is 1.92 bits per heavy atom. The minimum atomic E-state index is -0.244. The molecule has 0 fully saturated rings. The Labute approximate surface area is 91.4 Å². The van der Waals surface area contributed by atoms with Crippen LogP contribution < -0.4 is 0 Å². The van der Waals surface area contributed by atoms with Gasteiger partial charge in [-0.1, -0.05) is 12.1 Å². The maximum atomic E-state index is 10.7. The van der Waals surface area contributed by atoms with Gasteiger partial charge in [-0.05, 0) is 47.2 Å². The number of halogens is 1. The lowest BCUT2D eigenvalue weighted by Gasteiger charge is -2.11. The zero-order valence-electron chi connectivity index (χ0n) is 7.58. The SMILES string of the molecule is CC(=O)OC(C)c1ccc(I)cc1. The van der Waals surface area contributed by atoms with Crippen molar-refractivity contribution >= 4 is 28.6 Å². The molecule has 1 atom stereocenters. The van der Waals surface area contributed by atoms with Gasteiger partial charge in [-0.25, -0.2) is 0 Å². The molecule has 13 heavy (non-hydrogen) atoms. The molecule has 1 aromatic rings. The number of carbonyl (C=O) groups is 1. The van der Waals surface area contributed by atoms with Crippen LogP contribution >= 0.6 is 22.6 Å². The van der Waals surface area contributed by atoms with Gasteiger partial charge in [0.15, 0.2) is 0 Å². The second-order valence-electron chi connectivity index (χ2n) is 2.80. The molecule has 3 heteroatoms. The number of esters is 1. The third kappa shape index (κ3) is 3.34. The van der Waals surface area contributed by atoms with E-state index in [2.05, 4.69) is 22.6 Å². The summed E-state index contributed by atoms with van der Waals surface area (Å²) < 4.78 is 6.21. The quantitative estimate of drug-likeness (QED) is 0.618. The van der Waals surface area contributed by atoms with E-state index in [9.17, 15) is 4.79 Å². The Balaban J connectivity index is 2.71. The van der Waals surface area contributed by atoms with E-state index in [1.807, 2.05) is 31.2 Å². The van der Waals surface area contributed by atoms with Gasteiger partial charge in [-0.2, -0.15) is 0 Å². The second-order valence-corrected chi connectivity index (χ2v) is 4.05. The first-order valence-electron chi connectivity index (χ1n) is 4.02. The molecule has 0 saturated carbocycles. The second kappa shape index (κ2) is 4.60. The van der Waals surface area contributed by atoms with Crippen molar-refractivity contribution in [2.24, 2.45) is 0 Å². The largest absolute Gasteiger partial charge is 0.458 e. The third-order valence-electron chi connectivity index (χ3n) is 1.68.